The molecule has 1 unspecified atom stereocenters. The zero-order valence-corrected chi connectivity index (χ0v) is 18.1. The minimum Gasteiger partial charge on any atom is -0.487 e. The van der Waals surface area contributed by atoms with E-state index in [1.807, 2.05) is 24.3 Å². The Morgan fingerprint density at radius 1 is 1.13 bits per heavy atom. The molecule has 3 aromatic rings. The molecule has 0 aliphatic carbocycles. The van der Waals surface area contributed by atoms with Gasteiger partial charge in [-0.2, -0.15) is 0 Å². The van der Waals surface area contributed by atoms with Crippen LogP contribution in [0.3, 0.4) is 0 Å². The second-order valence-electron chi connectivity index (χ2n) is 7.14. The van der Waals surface area contributed by atoms with E-state index in [4.69, 9.17) is 4.74 Å². The Kier molecular flexibility index (Phi) is 6.41. The molecule has 7 heteroatoms. The van der Waals surface area contributed by atoms with Crippen LogP contribution in [-0.2, 0) is 11.4 Å². The van der Waals surface area contributed by atoms with Gasteiger partial charge in [0.2, 0.25) is 0 Å². The zero-order valence-electron chi connectivity index (χ0n) is 16.5. The highest BCUT2D eigenvalue weighted by atomic mass is 79.9. The number of ether oxygens (including phenoxy) is 1. The number of benzene rings is 3. The summed E-state index contributed by atoms with van der Waals surface area (Å²) in [6.45, 7) is 3.22. The van der Waals surface area contributed by atoms with E-state index in [-0.39, 0.29) is 24.3 Å². The fourth-order valence-electron chi connectivity index (χ4n) is 2.98. The normalized spacial score (nSPS) is 12.9. The number of nitrogens with one attached hydrogen (secondary N) is 1. The SMILES string of the molecule is CCC(C)(NC(=O)c1cc(F)c2ccccc2c1OCc1ccc(Br)cc1)C(=O)O. The second-order valence-corrected chi connectivity index (χ2v) is 8.06. The van der Waals surface area contributed by atoms with Crippen molar-refractivity contribution in [2.75, 3.05) is 0 Å². The van der Waals surface area contributed by atoms with Crippen LogP contribution in [0.25, 0.3) is 10.8 Å². The quantitative estimate of drug-likeness (QED) is 0.487. The minimum absolute atomic E-state index is 0.0516. The summed E-state index contributed by atoms with van der Waals surface area (Å²) in [4.78, 5) is 24.6. The number of fused-ring (bicyclic) bond motifs is 1. The second kappa shape index (κ2) is 8.83. The number of carbonyl (C=O) groups excluding carboxylic acids is 1. The molecule has 0 saturated heterocycles. The Labute approximate surface area is 182 Å². The molecular formula is C23H21BrFNO4. The predicted molar refractivity (Wildman–Crippen MR) is 116 cm³/mol. The van der Waals surface area contributed by atoms with Crippen molar-refractivity contribution >= 4 is 38.6 Å². The number of carbonyl (C=O) groups is 2. The van der Waals surface area contributed by atoms with Crippen molar-refractivity contribution in [3.8, 4) is 5.75 Å². The van der Waals surface area contributed by atoms with Gasteiger partial charge < -0.3 is 15.2 Å². The number of carboxylic acid groups (broad SMARTS) is 1. The minimum atomic E-state index is -1.48. The van der Waals surface area contributed by atoms with Gasteiger partial charge in [0, 0.05) is 15.2 Å². The van der Waals surface area contributed by atoms with Crippen LogP contribution in [0.2, 0.25) is 0 Å². The van der Waals surface area contributed by atoms with Crippen LogP contribution in [0, 0.1) is 5.82 Å². The van der Waals surface area contributed by atoms with E-state index in [1.165, 1.54) is 6.92 Å². The third-order valence-electron chi connectivity index (χ3n) is 5.05. The molecule has 0 aromatic heterocycles. The van der Waals surface area contributed by atoms with Gasteiger partial charge in [0.1, 0.15) is 23.7 Å². The number of aliphatic carboxylic acids is 1. The Morgan fingerprint density at radius 3 is 2.37 bits per heavy atom. The third-order valence-corrected chi connectivity index (χ3v) is 5.58. The van der Waals surface area contributed by atoms with Gasteiger partial charge in [0.05, 0.1) is 5.56 Å². The maximum atomic E-state index is 14.7. The number of hydrogen-bond donors (Lipinski definition) is 2. The van der Waals surface area contributed by atoms with Crippen LogP contribution >= 0.6 is 15.9 Å². The van der Waals surface area contributed by atoms with Crippen LogP contribution in [0.5, 0.6) is 5.75 Å². The molecule has 0 bridgehead atoms. The van der Waals surface area contributed by atoms with E-state index in [0.717, 1.165) is 16.1 Å². The van der Waals surface area contributed by atoms with E-state index in [2.05, 4.69) is 21.2 Å². The monoisotopic (exact) mass is 473 g/mol. The fraction of sp³-hybridized carbons (Fsp3) is 0.217. The number of rotatable bonds is 7. The molecule has 0 aliphatic heterocycles. The average Bonchev–Trinajstić information content (AvgIpc) is 2.74. The van der Waals surface area contributed by atoms with Gasteiger partial charge in [-0.3, -0.25) is 4.79 Å². The van der Waals surface area contributed by atoms with E-state index in [9.17, 15) is 19.1 Å². The van der Waals surface area contributed by atoms with Gasteiger partial charge in [0.15, 0.2) is 0 Å². The van der Waals surface area contributed by atoms with Gasteiger partial charge in [-0.05, 0) is 37.1 Å². The number of carboxylic acids is 1. The summed E-state index contributed by atoms with van der Waals surface area (Å²) in [6, 6.07) is 15.3. The maximum absolute atomic E-state index is 14.7. The van der Waals surface area contributed by atoms with Crippen LogP contribution in [0.15, 0.2) is 59.1 Å². The Balaban J connectivity index is 2.04. The van der Waals surface area contributed by atoms with Crippen molar-refractivity contribution in [2.45, 2.75) is 32.4 Å². The lowest BCUT2D eigenvalue weighted by Gasteiger charge is -2.25. The molecule has 156 valence electrons. The van der Waals surface area contributed by atoms with Gasteiger partial charge in [-0.15, -0.1) is 0 Å². The third kappa shape index (κ3) is 4.46. The highest BCUT2D eigenvalue weighted by molar-refractivity contribution is 9.10. The van der Waals surface area contributed by atoms with Gasteiger partial charge in [-0.25, -0.2) is 9.18 Å². The first kappa shape index (κ1) is 21.8. The Hall–Kier alpha value is -2.93. The van der Waals surface area contributed by atoms with E-state index < -0.39 is 23.2 Å². The molecular weight excluding hydrogens is 453 g/mol. The zero-order chi connectivity index (χ0) is 21.9. The molecule has 1 amide bonds. The lowest BCUT2D eigenvalue weighted by atomic mass is 9.97. The first-order valence-electron chi connectivity index (χ1n) is 9.39. The summed E-state index contributed by atoms with van der Waals surface area (Å²) in [6.07, 6.45) is 0.166. The molecule has 1 atom stereocenters. The molecule has 0 fully saturated rings. The molecule has 0 heterocycles. The fourth-order valence-corrected chi connectivity index (χ4v) is 3.24. The maximum Gasteiger partial charge on any atom is 0.329 e. The number of amides is 1. The largest absolute Gasteiger partial charge is 0.487 e. The number of halogens is 2. The van der Waals surface area contributed by atoms with Crippen LogP contribution in [0.1, 0.15) is 36.2 Å². The summed E-state index contributed by atoms with van der Waals surface area (Å²) in [7, 11) is 0. The molecule has 3 aromatic carbocycles. The van der Waals surface area contributed by atoms with E-state index in [1.54, 1.807) is 31.2 Å². The first-order chi connectivity index (χ1) is 14.2. The van der Waals surface area contributed by atoms with Crippen LogP contribution < -0.4 is 10.1 Å². The molecule has 5 nitrogen and oxygen atoms in total. The molecule has 2 N–H and O–H groups in total. The molecule has 3 rings (SSSR count). The molecule has 0 spiro atoms. The van der Waals surface area contributed by atoms with E-state index in [0.29, 0.717) is 10.8 Å². The van der Waals surface area contributed by atoms with Gasteiger partial charge in [0.25, 0.3) is 5.91 Å². The smallest absolute Gasteiger partial charge is 0.329 e. The van der Waals surface area contributed by atoms with Crippen molar-refractivity contribution in [1.29, 1.82) is 0 Å². The summed E-state index contributed by atoms with van der Waals surface area (Å²) < 4.78 is 21.6. The summed E-state index contributed by atoms with van der Waals surface area (Å²) in [5.41, 5.74) is -0.673. The van der Waals surface area contributed by atoms with Gasteiger partial charge >= 0.3 is 5.97 Å². The lowest BCUT2D eigenvalue weighted by Crippen LogP contribution is -2.51. The first-order valence-corrected chi connectivity index (χ1v) is 10.2. The van der Waals surface area contributed by atoms with Crippen LogP contribution in [-0.4, -0.2) is 22.5 Å². The summed E-state index contributed by atoms with van der Waals surface area (Å²) >= 11 is 3.38. The van der Waals surface area contributed by atoms with Crippen molar-refractivity contribution in [3.63, 3.8) is 0 Å². The van der Waals surface area contributed by atoms with Crippen molar-refractivity contribution in [3.05, 3.63) is 76.0 Å². The van der Waals surface area contributed by atoms with Crippen molar-refractivity contribution in [2.24, 2.45) is 0 Å². The van der Waals surface area contributed by atoms with E-state index >= 15 is 0 Å². The van der Waals surface area contributed by atoms with Crippen molar-refractivity contribution < 1.29 is 23.8 Å². The van der Waals surface area contributed by atoms with Crippen LogP contribution in [0.4, 0.5) is 4.39 Å². The average molecular weight is 474 g/mol. The standard InChI is InChI=1S/C23H21BrFNO4/c1-3-23(2,22(28)29)26-21(27)18-12-19(25)16-6-4-5-7-17(16)20(18)30-13-14-8-10-15(24)11-9-14/h4-12H,3,13H2,1-2H3,(H,26,27)(H,28,29). The summed E-state index contributed by atoms with van der Waals surface area (Å²) in [5, 5.41) is 12.7. The molecule has 0 radical (unpaired) electrons. The lowest BCUT2D eigenvalue weighted by molar-refractivity contribution is -0.143. The topological polar surface area (TPSA) is 75.6 Å². The Morgan fingerprint density at radius 2 is 1.77 bits per heavy atom. The highest BCUT2D eigenvalue weighted by Crippen LogP contribution is 2.33. The predicted octanol–water partition coefficient (Wildman–Crippen LogP) is 5.30. The molecule has 0 saturated carbocycles. The van der Waals surface area contributed by atoms with Crippen molar-refractivity contribution in [1.82, 2.24) is 5.32 Å². The summed E-state index contributed by atoms with van der Waals surface area (Å²) in [5.74, 6) is -2.26. The Bertz CT molecular complexity index is 1100. The molecule has 30 heavy (non-hydrogen) atoms. The molecule has 0 aliphatic rings. The number of hydrogen-bond acceptors (Lipinski definition) is 3. The van der Waals surface area contributed by atoms with Gasteiger partial charge in [-0.1, -0.05) is 59.3 Å². The highest BCUT2D eigenvalue weighted by Gasteiger charge is 2.34.